The number of thiophene rings is 1. The number of nitrogens with zero attached hydrogens (tertiary/aromatic N) is 3. The van der Waals surface area contributed by atoms with Crippen molar-refractivity contribution in [2.45, 2.75) is 19.3 Å². The van der Waals surface area contributed by atoms with Crippen molar-refractivity contribution in [2.24, 2.45) is 0 Å². The molecule has 6 nitrogen and oxygen atoms in total. The number of hydrogen-bond acceptors (Lipinski definition) is 5. The summed E-state index contributed by atoms with van der Waals surface area (Å²) in [6, 6.07) is 10.3. The molecule has 25 heavy (non-hydrogen) atoms. The molecule has 0 atom stereocenters. The van der Waals surface area contributed by atoms with Crippen molar-refractivity contribution in [1.29, 1.82) is 0 Å². The van der Waals surface area contributed by atoms with Crippen molar-refractivity contribution in [3.8, 4) is 16.3 Å². The summed E-state index contributed by atoms with van der Waals surface area (Å²) in [6.45, 7) is 0.885. The van der Waals surface area contributed by atoms with Crippen LogP contribution in [0.1, 0.15) is 18.4 Å². The Hall–Kier alpha value is -2.38. The molecule has 0 radical (unpaired) electrons. The van der Waals surface area contributed by atoms with Crippen molar-refractivity contribution in [3.63, 3.8) is 0 Å². The fourth-order valence-electron chi connectivity index (χ4n) is 3.04. The topological polar surface area (TPSA) is 73.0 Å². The first kappa shape index (κ1) is 16.1. The Bertz CT molecular complexity index is 933. The van der Waals surface area contributed by atoms with Gasteiger partial charge in [0, 0.05) is 24.2 Å². The van der Waals surface area contributed by atoms with Gasteiger partial charge in [-0.15, -0.1) is 11.3 Å². The van der Waals surface area contributed by atoms with Gasteiger partial charge in [0.1, 0.15) is 11.5 Å². The average molecular weight is 375 g/mol. The molecular weight excluding hydrogens is 360 g/mol. The third-order valence-corrected chi connectivity index (χ3v) is 5.48. The van der Waals surface area contributed by atoms with Crippen molar-refractivity contribution in [2.75, 3.05) is 11.9 Å². The van der Waals surface area contributed by atoms with Gasteiger partial charge in [-0.05, 0) is 43.5 Å². The Balaban J connectivity index is 1.84. The molecule has 3 aromatic rings. The summed E-state index contributed by atoms with van der Waals surface area (Å²) in [6.07, 6.45) is 3.14. The van der Waals surface area contributed by atoms with Crippen LogP contribution in [0, 0.1) is 10.1 Å². The lowest BCUT2D eigenvalue weighted by atomic mass is 10.1. The van der Waals surface area contributed by atoms with Crippen molar-refractivity contribution < 1.29 is 4.92 Å². The minimum absolute atomic E-state index is 0.0696. The van der Waals surface area contributed by atoms with Gasteiger partial charge < -0.3 is 5.32 Å². The van der Waals surface area contributed by atoms with Crippen molar-refractivity contribution >= 4 is 34.4 Å². The Morgan fingerprint density at radius 3 is 2.68 bits per heavy atom. The van der Waals surface area contributed by atoms with Crippen LogP contribution in [0.5, 0.6) is 0 Å². The number of nitrogens with one attached hydrogen (secondary N) is 1. The molecule has 0 amide bonds. The fraction of sp³-hybridized carbons (Fsp3) is 0.235. The first-order valence-electron chi connectivity index (χ1n) is 8.00. The molecule has 1 aliphatic rings. The SMILES string of the molecule is O=[N+]([O-])c1ccc(-n2nc(-c3ccc(Cl)s3)c3c2NCCCC3)cc1. The van der Waals surface area contributed by atoms with Gasteiger partial charge >= 0.3 is 0 Å². The Morgan fingerprint density at radius 2 is 2.00 bits per heavy atom. The Labute approximate surface area is 153 Å². The molecule has 0 unspecified atom stereocenters. The predicted molar refractivity (Wildman–Crippen MR) is 100.0 cm³/mol. The number of aromatic nitrogens is 2. The second-order valence-corrected chi connectivity index (χ2v) is 7.56. The van der Waals surface area contributed by atoms with Crippen LogP contribution in [-0.2, 0) is 6.42 Å². The molecule has 0 fully saturated rings. The largest absolute Gasteiger partial charge is 0.370 e. The maximum Gasteiger partial charge on any atom is 0.269 e. The number of benzene rings is 1. The van der Waals surface area contributed by atoms with Gasteiger partial charge in [0.15, 0.2) is 0 Å². The smallest absolute Gasteiger partial charge is 0.269 e. The molecular formula is C17H15ClN4O2S. The first-order chi connectivity index (χ1) is 12.1. The molecule has 4 rings (SSSR count). The van der Waals surface area contributed by atoms with Gasteiger partial charge in [0.25, 0.3) is 5.69 Å². The van der Waals surface area contributed by atoms with Crippen molar-refractivity contribution in [1.82, 2.24) is 9.78 Å². The molecule has 1 aromatic carbocycles. The van der Waals surface area contributed by atoms with Crippen LogP contribution in [0.25, 0.3) is 16.3 Å². The van der Waals surface area contributed by atoms with Crippen LogP contribution < -0.4 is 5.32 Å². The predicted octanol–water partition coefficient (Wildman–Crippen LogP) is 4.91. The average Bonchev–Trinajstić information content (AvgIpc) is 3.10. The molecule has 128 valence electrons. The molecule has 0 aliphatic carbocycles. The highest BCUT2D eigenvalue weighted by atomic mass is 35.5. The van der Waals surface area contributed by atoms with E-state index in [1.54, 1.807) is 12.1 Å². The van der Waals surface area contributed by atoms with E-state index >= 15 is 0 Å². The molecule has 0 spiro atoms. The first-order valence-corrected chi connectivity index (χ1v) is 9.19. The van der Waals surface area contributed by atoms with Gasteiger partial charge in [-0.2, -0.15) is 5.10 Å². The normalized spacial score (nSPS) is 13.8. The van der Waals surface area contributed by atoms with E-state index in [9.17, 15) is 10.1 Å². The van der Waals surface area contributed by atoms with Crippen LogP contribution in [0.3, 0.4) is 0 Å². The highest BCUT2D eigenvalue weighted by molar-refractivity contribution is 7.19. The highest BCUT2D eigenvalue weighted by Gasteiger charge is 2.22. The number of anilines is 1. The lowest BCUT2D eigenvalue weighted by Crippen LogP contribution is -2.07. The summed E-state index contributed by atoms with van der Waals surface area (Å²) in [5, 5.41) is 19.1. The van der Waals surface area contributed by atoms with E-state index in [1.807, 2.05) is 16.8 Å². The Morgan fingerprint density at radius 1 is 1.20 bits per heavy atom. The summed E-state index contributed by atoms with van der Waals surface area (Å²) in [5.41, 5.74) is 2.97. The van der Waals surface area contributed by atoms with E-state index in [-0.39, 0.29) is 5.69 Å². The molecule has 8 heteroatoms. The maximum absolute atomic E-state index is 10.9. The number of nitro benzene ring substituents is 1. The van der Waals surface area contributed by atoms with E-state index in [0.717, 1.165) is 52.2 Å². The van der Waals surface area contributed by atoms with Gasteiger partial charge in [-0.3, -0.25) is 10.1 Å². The summed E-state index contributed by atoms with van der Waals surface area (Å²) in [4.78, 5) is 11.5. The second kappa shape index (κ2) is 6.50. The molecule has 2 aromatic heterocycles. The van der Waals surface area contributed by atoms with Crippen LogP contribution in [0.4, 0.5) is 11.5 Å². The van der Waals surface area contributed by atoms with Crippen LogP contribution >= 0.6 is 22.9 Å². The number of rotatable bonds is 3. The molecule has 3 heterocycles. The molecule has 0 saturated carbocycles. The van der Waals surface area contributed by atoms with Gasteiger partial charge in [0.05, 0.1) is 19.8 Å². The molecule has 0 bridgehead atoms. The van der Waals surface area contributed by atoms with Crippen LogP contribution in [0.2, 0.25) is 4.34 Å². The van der Waals surface area contributed by atoms with E-state index in [2.05, 4.69) is 5.32 Å². The third-order valence-electron chi connectivity index (χ3n) is 4.24. The molecule has 1 N–H and O–H groups in total. The third kappa shape index (κ3) is 3.01. The molecule has 1 aliphatic heterocycles. The minimum atomic E-state index is -0.398. The summed E-state index contributed by atoms with van der Waals surface area (Å²) >= 11 is 7.61. The van der Waals surface area contributed by atoms with E-state index in [0.29, 0.717) is 0 Å². The zero-order valence-corrected chi connectivity index (χ0v) is 14.8. The maximum atomic E-state index is 10.9. The number of non-ortho nitro benzene ring substituents is 1. The quantitative estimate of drug-likeness (QED) is 0.522. The zero-order valence-electron chi connectivity index (χ0n) is 13.2. The van der Waals surface area contributed by atoms with Gasteiger partial charge in [-0.1, -0.05) is 11.6 Å². The second-order valence-electron chi connectivity index (χ2n) is 5.85. The molecule has 0 saturated heterocycles. The number of halogens is 1. The zero-order chi connectivity index (χ0) is 17.4. The van der Waals surface area contributed by atoms with E-state index in [4.69, 9.17) is 16.7 Å². The van der Waals surface area contributed by atoms with Crippen LogP contribution in [-0.4, -0.2) is 21.2 Å². The van der Waals surface area contributed by atoms with E-state index in [1.165, 1.54) is 29.0 Å². The Kier molecular flexibility index (Phi) is 4.19. The highest BCUT2D eigenvalue weighted by Crippen LogP contribution is 2.38. The lowest BCUT2D eigenvalue weighted by molar-refractivity contribution is -0.384. The number of fused-ring (bicyclic) bond motifs is 1. The van der Waals surface area contributed by atoms with Crippen molar-refractivity contribution in [3.05, 3.63) is 56.4 Å². The van der Waals surface area contributed by atoms with E-state index < -0.39 is 4.92 Å². The standard InChI is InChI=1S/C17H15ClN4O2S/c18-15-9-8-14(25-15)16-13-3-1-2-10-19-17(13)21(20-16)11-4-6-12(7-5-11)22(23)24/h4-9,19H,1-3,10H2. The minimum Gasteiger partial charge on any atom is -0.370 e. The number of nitro groups is 1. The van der Waals surface area contributed by atoms with Crippen LogP contribution in [0.15, 0.2) is 36.4 Å². The fourth-order valence-corrected chi connectivity index (χ4v) is 4.10. The summed E-state index contributed by atoms with van der Waals surface area (Å²) < 4.78 is 2.57. The summed E-state index contributed by atoms with van der Waals surface area (Å²) in [5.74, 6) is 0.964. The monoisotopic (exact) mass is 374 g/mol. The summed E-state index contributed by atoms with van der Waals surface area (Å²) in [7, 11) is 0. The number of hydrogen-bond donors (Lipinski definition) is 1. The van der Waals surface area contributed by atoms with Gasteiger partial charge in [-0.25, -0.2) is 4.68 Å². The van der Waals surface area contributed by atoms with Gasteiger partial charge in [0.2, 0.25) is 0 Å². The lowest BCUT2D eigenvalue weighted by Gasteiger charge is -2.09.